The van der Waals surface area contributed by atoms with Crippen molar-refractivity contribution in [3.63, 3.8) is 0 Å². The molecule has 0 bridgehead atoms. The zero-order valence-electron chi connectivity index (χ0n) is 19.4. The summed E-state index contributed by atoms with van der Waals surface area (Å²) in [7, 11) is 3.33. The summed E-state index contributed by atoms with van der Waals surface area (Å²) in [6.45, 7) is 4.27. The molecule has 2 amide bonds. The number of amides is 2. The zero-order valence-corrected chi connectivity index (χ0v) is 19.4. The Morgan fingerprint density at radius 3 is 2.30 bits per heavy atom. The highest BCUT2D eigenvalue weighted by atomic mass is 19.1. The fraction of sp³-hybridized carbons (Fsp3) is 0.458. The minimum absolute atomic E-state index is 0.150. The predicted molar refractivity (Wildman–Crippen MR) is 121 cm³/mol. The monoisotopic (exact) mass is 467 g/mol. The number of halogens is 3. The van der Waals surface area contributed by atoms with Gasteiger partial charge in [0, 0.05) is 43.9 Å². The summed E-state index contributed by atoms with van der Waals surface area (Å²) in [6, 6.07) is 7.85. The number of anilines is 1. The molecule has 0 fully saturated rings. The Kier molecular flexibility index (Phi) is 10.1. The molecule has 0 aliphatic heterocycles. The largest absolute Gasteiger partial charge is 0.394 e. The Bertz CT molecular complexity index is 898. The summed E-state index contributed by atoms with van der Waals surface area (Å²) in [6.07, 6.45) is -0.321. The maximum Gasteiger partial charge on any atom is 0.322 e. The third-order valence-corrected chi connectivity index (χ3v) is 5.51. The fourth-order valence-corrected chi connectivity index (χ4v) is 3.53. The number of carbonyl (C=O) groups excluding carboxylic acids is 1. The molecule has 2 N–H and O–H groups in total. The molecule has 0 radical (unpaired) electrons. The Morgan fingerprint density at radius 2 is 1.70 bits per heavy atom. The van der Waals surface area contributed by atoms with Crippen molar-refractivity contribution in [1.82, 2.24) is 9.80 Å². The molecule has 0 saturated carbocycles. The van der Waals surface area contributed by atoms with E-state index in [9.17, 15) is 23.1 Å². The van der Waals surface area contributed by atoms with Gasteiger partial charge < -0.3 is 20.1 Å². The molecule has 0 aromatic heterocycles. The Balaban J connectivity index is 2.04. The summed E-state index contributed by atoms with van der Waals surface area (Å²) in [5.41, 5.74) is 0.679. The normalized spacial score (nSPS) is 14.1. The van der Waals surface area contributed by atoms with Crippen LogP contribution in [0.1, 0.15) is 19.4 Å². The highest BCUT2D eigenvalue weighted by molar-refractivity contribution is 5.89. The Hall–Kier alpha value is -2.62. The molecule has 0 saturated heterocycles. The summed E-state index contributed by atoms with van der Waals surface area (Å²) >= 11 is 0. The zero-order chi connectivity index (χ0) is 24.5. The van der Waals surface area contributed by atoms with Gasteiger partial charge in [0.05, 0.1) is 18.8 Å². The van der Waals surface area contributed by atoms with E-state index in [0.29, 0.717) is 12.2 Å². The van der Waals surface area contributed by atoms with E-state index >= 15 is 0 Å². The van der Waals surface area contributed by atoms with Crippen LogP contribution in [0.3, 0.4) is 0 Å². The van der Waals surface area contributed by atoms with Crippen LogP contribution in [0.5, 0.6) is 0 Å². The molecule has 0 unspecified atom stereocenters. The third-order valence-electron chi connectivity index (χ3n) is 5.51. The average Bonchev–Trinajstić information content (AvgIpc) is 2.79. The molecule has 0 aliphatic carbocycles. The number of carbonyl (C=O) groups is 1. The van der Waals surface area contributed by atoms with Crippen molar-refractivity contribution < 1.29 is 27.8 Å². The molecule has 0 aliphatic rings. The van der Waals surface area contributed by atoms with Crippen molar-refractivity contribution in [2.45, 2.75) is 32.5 Å². The second-order valence-electron chi connectivity index (χ2n) is 8.30. The van der Waals surface area contributed by atoms with Crippen molar-refractivity contribution in [2.24, 2.45) is 5.92 Å². The Labute approximate surface area is 193 Å². The maximum atomic E-state index is 14.0. The number of nitrogens with zero attached hydrogens (tertiary/aromatic N) is 2. The van der Waals surface area contributed by atoms with Crippen molar-refractivity contribution >= 4 is 11.7 Å². The number of ether oxygens (including phenoxy) is 1. The van der Waals surface area contributed by atoms with Crippen LogP contribution in [-0.4, -0.2) is 66.9 Å². The Morgan fingerprint density at radius 1 is 1.06 bits per heavy atom. The van der Waals surface area contributed by atoms with E-state index in [0.717, 1.165) is 12.1 Å². The number of aliphatic hydroxyl groups excluding tert-OH is 1. The third kappa shape index (κ3) is 8.03. The minimum atomic E-state index is -0.503. The van der Waals surface area contributed by atoms with Crippen LogP contribution in [0, 0.1) is 23.4 Å². The fourth-order valence-electron chi connectivity index (χ4n) is 3.53. The molecular weight excluding hydrogens is 435 g/mol. The molecule has 2 aromatic rings. The summed E-state index contributed by atoms with van der Waals surface area (Å²) < 4.78 is 46.2. The van der Waals surface area contributed by atoms with Gasteiger partial charge in [-0.3, -0.25) is 4.90 Å². The van der Waals surface area contributed by atoms with Crippen LogP contribution in [-0.2, 0) is 11.3 Å². The van der Waals surface area contributed by atoms with Crippen LogP contribution in [0.2, 0.25) is 0 Å². The number of aliphatic hydroxyl groups is 1. The number of rotatable bonds is 11. The van der Waals surface area contributed by atoms with E-state index in [-0.39, 0.29) is 37.3 Å². The molecule has 3 atom stereocenters. The minimum Gasteiger partial charge on any atom is -0.394 e. The second-order valence-corrected chi connectivity index (χ2v) is 8.30. The molecule has 0 heterocycles. The van der Waals surface area contributed by atoms with Crippen molar-refractivity contribution in [3.8, 4) is 0 Å². The topological polar surface area (TPSA) is 65.0 Å². The second kappa shape index (κ2) is 12.6. The standard InChI is InChI=1S/C24H32F3N3O3/c1-16(23(33-4)14-29(3)13-18-11-20(26)7-10-22(18)27)12-30(17(2)15-31)24(32)28-21-8-5-19(25)6-9-21/h5-11,16-17,23,31H,12-15H2,1-4H3,(H,28,32)/t16-,17-,23-/m1/s1. The lowest BCUT2D eigenvalue weighted by atomic mass is 10.0. The lowest BCUT2D eigenvalue weighted by molar-refractivity contribution is 0.0175. The van der Waals surface area contributed by atoms with Crippen molar-refractivity contribution in [2.75, 3.05) is 39.2 Å². The molecule has 6 nitrogen and oxygen atoms in total. The van der Waals surface area contributed by atoms with Gasteiger partial charge in [-0.25, -0.2) is 18.0 Å². The summed E-state index contributed by atoms with van der Waals surface area (Å²) in [4.78, 5) is 16.2. The van der Waals surface area contributed by atoms with Crippen LogP contribution in [0.25, 0.3) is 0 Å². The first-order valence-electron chi connectivity index (χ1n) is 10.7. The van der Waals surface area contributed by atoms with Crippen LogP contribution >= 0.6 is 0 Å². The lowest BCUT2D eigenvalue weighted by Gasteiger charge is -2.34. The number of hydrogen-bond acceptors (Lipinski definition) is 4. The van der Waals surface area contributed by atoms with Crippen molar-refractivity contribution in [3.05, 3.63) is 65.5 Å². The van der Waals surface area contributed by atoms with E-state index in [2.05, 4.69) is 5.32 Å². The van der Waals surface area contributed by atoms with Gasteiger partial charge in [-0.1, -0.05) is 6.92 Å². The highest BCUT2D eigenvalue weighted by Crippen LogP contribution is 2.17. The van der Waals surface area contributed by atoms with Gasteiger partial charge in [-0.05, 0) is 56.4 Å². The highest BCUT2D eigenvalue weighted by Gasteiger charge is 2.27. The van der Waals surface area contributed by atoms with Gasteiger partial charge in [-0.15, -0.1) is 0 Å². The number of urea groups is 1. The quantitative estimate of drug-likeness (QED) is 0.522. The predicted octanol–water partition coefficient (Wildman–Crippen LogP) is 4.10. The van der Waals surface area contributed by atoms with Crippen LogP contribution in [0.15, 0.2) is 42.5 Å². The average molecular weight is 468 g/mol. The number of likely N-dealkylation sites (N-methyl/N-ethyl adjacent to an activating group) is 1. The maximum absolute atomic E-state index is 14.0. The van der Waals surface area contributed by atoms with Gasteiger partial charge in [0.1, 0.15) is 17.5 Å². The summed E-state index contributed by atoms with van der Waals surface area (Å²) in [5, 5.41) is 12.4. The van der Waals surface area contributed by atoms with Crippen molar-refractivity contribution in [1.29, 1.82) is 0 Å². The first-order chi connectivity index (χ1) is 15.6. The molecule has 9 heteroatoms. The van der Waals surface area contributed by atoms with Gasteiger partial charge in [0.25, 0.3) is 0 Å². The van der Waals surface area contributed by atoms with Gasteiger partial charge in [0.2, 0.25) is 0 Å². The van der Waals surface area contributed by atoms with Gasteiger partial charge in [0.15, 0.2) is 0 Å². The number of benzene rings is 2. The van der Waals surface area contributed by atoms with E-state index in [1.807, 2.05) is 11.8 Å². The SMILES string of the molecule is CO[C@H](CN(C)Cc1cc(F)ccc1F)[C@H](C)CN(C(=O)Nc1ccc(F)cc1)[C@H](C)CO. The first-order valence-corrected chi connectivity index (χ1v) is 10.7. The summed E-state index contributed by atoms with van der Waals surface area (Å²) in [5.74, 6) is -1.54. The van der Waals surface area contributed by atoms with Gasteiger partial charge in [-0.2, -0.15) is 0 Å². The molecule has 0 spiro atoms. The number of hydrogen-bond donors (Lipinski definition) is 2. The van der Waals surface area contributed by atoms with Gasteiger partial charge >= 0.3 is 6.03 Å². The molecule has 2 rings (SSSR count). The molecule has 2 aromatic carbocycles. The van der Waals surface area contributed by atoms with E-state index in [4.69, 9.17) is 4.74 Å². The number of nitrogens with one attached hydrogen (secondary N) is 1. The first kappa shape index (κ1) is 26.6. The molecule has 33 heavy (non-hydrogen) atoms. The van der Waals surface area contributed by atoms with E-state index in [1.54, 1.807) is 21.1 Å². The van der Waals surface area contributed by atoms with Crippen LogP contribution < -0.4 is 5.32 Å². The smallest absolute Gasteiger partial charge is 0.322 e. The number of methoxy groups -OCH3 is 1. The molecular formula is C24H32F3N3O3. The van der Waals surface area contributed by atoms with Crippen LogP contribution in [0.4, 0.5) is 23.7 Å². The lowest BCUT2D eigenvalue weighted by Crippen LogP contribution is -2.48. The molecule has 182 valence electrons. The van der Waals surface area contributed by atoms with E-state index in [1.165, 1.54) is 35.2 Å². The van der Waals surface area contributed by atoms with E-state index < -0.39 is 29.5 Å².